The van der Waals surface area contributed by atoms with E-state index in [1.807, 2.05) is 45.9 Å². The molecule has 0 spiro atoms. The number of alkyl carbamates (subject to hydrolysis) is 1. The molecular weight excluding hydrogens is 332 g/mol. The topological polar surface area (TPSA) is 84.0 Å². The second kappa shape index (κ2) is 11.2. The predicted molar refractivity (Wildman–Crippen MR) is 105 cm³/mol. The molecule has 7 heteroatoms. The third-order valence-corrected chi connectivity index (χ3v) is 3.23. The molecule has 1 aromatic carbocycles. The van der Waals surface area contributed by atoms with Crippen molar-refractivity contribution in [2.24, 2.45) is 4.99 Å². The SMILES string of the molecule is CCNC(=NCCc1cccc(OC)c1)NCCNC(=O)OC(C)(C)C. The summed E-state index contributed by atoms with van der Waals surface area (Å²) in [4.78, 5) is 16.1. The van der Waals surface area contributed by atoms with Gasteiger partial charge in [-0.2, -0.15) is 0 Å². The van der Waals surface area contributed by atoms with E-state index in [1.165, 1.54) is 5.56 Å². The number of nitrogens with one attached hydrogen (secondary N) is 3. The van der Waals surface area contributed by atoms with E-state index in [1.54, 1.807) is 7.11 Å². The Hall–Kier alpha value is -2.44. The molecule has 3 N–H and O–H groups in total. The van der Waals surface area contributed by atoms with Crippen molar-refractivity contribution >= 4 is 12.1 Å². The molecule has 7 nitrogen and oxygen atoms in total. The van der Waals surface area contributed by atoms with E-state index in [0.29, 0.717) is 19.6 Å². The molecule has 0 unspecified atom stereocenters. The smallest absolute Gasteiger partial charge is 0.407 e. The number of nitrogens with zero attached hydrogens (tertiary/aromatic N) is 1. The fraction of sp³-hybridized carbons (Fsp3) is 0.579. The number of ether oxygens (including phenoxy) is 2. The van der Waals surface area contributed by atoms with Gasteiger partial charge >= 0.3 is 6.09 Å². The summed E-state index contributed by atoms with van der Waals surface area (Å²) >= 11 is 0. The summed E-state index contributed by atoms with van der Waals surface area (Å²) in [5.74, 6) is 1.58. The number of guanidine groups is 1. The second-order valence-corrected chi connectivity index (χ2v) is 6.72. The standard InChI is InChI=1S/C19H32N4O3/c1-6-20-17(22-12-13-23-18(24)26-19(2,3)4)21-11-10-15-8-7-9-16(14-15)25-5/h7-9,14H,6,10-13H2,1-5H3,(H,23,24)(H2,20,21,22). The Balaban J connectivity index is 2.37. The molecule has 0 radical (unpaired) electrons. The lowest BCUT2D eigenvalue weighted by Gasteiger charge is -2.19. The number of hydrogen-bond acceptors (Lipinski definition) is 4. The Morgan fingerprint density at radius 3 is 2.54 bits per heavy atom. The van der Waals surface area contributed by atoms with Crippen molar-refractivity contribution in [3.63, 3.8) is 0 Å². The maximum absolute atomic E-state index is 11.6. The van der Waals surface area contributed by atoms with E-state index < -0.39 is 11.7 Å². The lowest BCUT2D eigenvalue weighted by Crippen LogP contribution is -2.42. The molecule has 1 aromatic rings. The van der Waals surface area contributed by atoms with Gasteiger partial charge in [0.15, 0.2) is 5.96 Å². The molecule has 0 saturated carbocycles. The van der Waals surface area contributed by atoms with Crippen LogP contribution in [0.4, 0.5) is 4.79 Å². The number of methoxy groups -OCH3 is 1. The van der Waals surface area contributed by atoms with Crippen molar-refractivity contribution in [2.75, 3.05) is 33.3 Å². The maximum atomic E-state index is 11.6. The molecule has 0 fully saturated rings. The average Bonchev–Trinajstić information content (AvgIpc) is 2.57. The molecule has 1 amide bonds. The van der Waals surface area contributed by atoms with Crippen LogP contribution in [0.5, 0.6) is 5.75 Å². The van der Waals surface area contributed by atoms with E-state index >= 15 is 0 Å². The first-order valence-corrected chi connectivity index (χ1v) is 8.96. The van der Waals surface area contributed by atoms with Gasteiger partial charge < -0.3 is 25.4 Å². The summed E-state index contributed by atoms with van der Waals surface area (Å²) in [5, 5.41) is 9.09. The van der Waals surface area contributed by atoms with E-state index in [0.717, 1.165) is 24.7 Å². The zero-order chi connectivity index (χ0) is 19.4. The number of amides is 1. The summed E-state index contributed by atoms with van der Waals surface area (Å²) in [6, 6.07) is 7.98. The molecular formula is C19H32N4O3. The first kappa shape index (κ1) is 21.6. The number of carbonyl (C=O) groups is 1. The number of benzene rings is 1. The van der Waals surface area contributed by atoms with Crippen molar-refractivity contribution in [1.82, 2.24) is 16.0 Å². The molecule has 0 aromatic heterocycles. The zero-order valence-corrected chi connectivity index (χ0v) is 16.5. The van der Waals surface area contributed by atoms with Gasteiger partial charge in [0.1, 0.15) is 11.4 Å². The highest BCUT2D eigenvalue weighted by Gasteiger charge is 2.15. The molecule has 26 heavy (non-hydrogen) atoms. The largest absolute Gasteiger partial charge is 0.497 e. The van der Waals surface area contributed by atoms with Gasteiger partial charge in [0, 0.05) is 26.2 Å². The van der Waals surface area contributed by atoms with Crippen molar-refractivity contribution in [3.8, 4) is 5.75 Å². The highest BCUT2D eigenvalue weighted by Crippen LogP contribution is 2.12. The van der Waals surface area contributed by atoms with Gasteiger partial charge in [-0.05, 0) is 51.8 Å². The Kier molecular flexibility index (Phi) is 9.33. The Morgan fingerprint density at radius 1 is 1.15 bits per heavy atom. The van der Waals surface area contributed by atoms with Gasteiger partial charge in [0.2, 0.25) is 0 Å². The van der Waals surface area contributed by atoms with Crippen molar-refractivity contribution in [3.05, 3.63) is 29.8 Å². The minimum absolute atomic E-state index is 0.417. The van der Waals surface area contributed by atoms with Crippen LogP contribution in [0.15, 0.2) is 29.3 Å². The maximum Gasteiger partial charge on any atom is 0.407 e. The van der Waals surface area contributed by atoms with Crippen LogP contribution in [-0.4, -0.2) is 50.9 Å². The van der Waals surface area contributed by atoms with Crippen LogP contribution in [-0.2, 0) is 11.2 Å². The lowest BCUT2D eigenvalue weighted by atomic mass is 10.1. The molecule has 0 aliphatic carbocycles. The predicted octanol–water partition coefficient (Wildman–Crippen LogP) is 2.32. The summed E-state index contributed by atoms with van der Waals surface area (Å²) in [6.45, 7) is 9.96. The lowest BCUT2D eigenvalue weighted by molar-refractivity contribution is 0.0529. The van der Waals surface area contributed by atoms with Crippen molar-refractivity contribution < 1.29 is 14.3 Å². The van der Waals surface area contributed by atoms with Gasteiger partial charge in [0.05, 0.1) is 7.11 Å². The second-order valence-electron chi connectivity index (χ2n) is 6.72. The molecule has 0 bridgehead atoms. The van der Waals surface area contributed by atoms with E-state index in [9.17, 15) is 4.79 Å². The van der Waals surface area contributed by atoms with E-state index in [4.69, 9.17) is 9.47 Å². The van der Waals surface area contributed by atoms with Crippen LogP contribution in [0.3, 0.4) is 0 Å². The van der Waals surface area contributed by atoms with Gasteiger partial charge in [-0.25, -0.2) is 4.79 Å². The Morgan fingerprint density at radius 2 is 1.88 bits per heavy atom. The van der Waals surface area contributed by atoms with E-state index in [2.05, 4.69) is 27.0 Å². The molecule has 0 aliphatic rings. The summed E-state index contributed by atoms with van der Waals surface area (Å²) in [6.07, 6.45) is 0.406. The number of hydrogen-bond donors (Lipinski definition) is 3. The first-order valence-electron chi connectivity index (χ1n) is 8.96. The van der Waals surface area contributed by atoms with Crippen LogP contribution in [0, 0.1) is 0 Å². The van der Waals surface area contributed by atoms with Crippen LogP contribution < -0.4 is 20.7 Å². The van der Waals surface area contributed by atoms with Crippen LogP contribution in [0.25, 0.3) is 0 Å². The summed E-state index contributed by atoms with van der Waals surface area (Å²) in [7, 11) is 1.66. The fourth-order valence-electron chi connectivity index (χ4n) is 2.13. The monoisotopic (exact) mass is 364 g/mol. The quantitative estimate of drug-likeness (QED) is 0.375. The number of aliphatic imine (C=N–C) groups is 1. The minimum Gasteiger partial charge on any atom is -0.497 e. The molecule has 0 heterocycles. The van der Waals surface area contributed by atoms with Gasteiger partial charge in [-0.3, -0.25) is 4.99 Å². The van der Waals surface area contributed by atoms with Crippen LogP contribution in [0.1, 0.15) is 33.3 Å². The summed E-state index contributed by atoms with van der Waals surface area (Å²) in [5.41, 5.74) is 0.684. The first-order chi connectivity index (χ1) is 12.3. The molecule has 0 atom stereocenters. The van der Waals surface area contributed by atoms with Crippen molar-refractivity contribution in [2.45, 2.75) is 39.7 Å². The highest BCUT2D eigenvalue weighted by atomic mass is 16.6. The van der Waals surface area contributed by atoms with Crippen molar-refractivity contribution in [1.29, 1.82) is 0 Å². The third kappa shape index (κ3) is 9.76. The van der Waals surface area contributed by atoms with Crippen LogP contribution in [0.2, 0.25) is 0 Å². The fourth-order valence-corrected chi connectivity index (χ4v) is 2.13. The van der Waals surface area contributed by atoms with Crippen LogP contribution >= 0.6 is 0 Å². The normalized spacial score (nSPS) is 11.7. The van der Waals surface area contributed by atoms with Gasteiger partial charge in [-0.1, -0.05) is 12.1 Å². The molecule has 1 rings (SSSR count). The Bertz CT molecular complexity index is 582. The third-order valence-electron chi connectivity index (χ3n) is 3.23. The molecule has 0 aliphatic heterocycles. The average molecular weight is 364 g/mol. The summed E-state index contributed by atoms with van der Waals surface area (Å²) < 4.78 is 10.4. The molecule has 146 valence electrons. The highest BCUT2D eigenvalue weighted by molar-refractivity contribution is 5.79. The molecule has 0 saturated heterocycles. The minimum atomic E-state index is -0.492. The van der Waals surface area contributed by atoms with Gasteiger partial charge in [0.25, 0.3) is 0 Å². The zero-order valence-electron chi connectivity index (χ0n) is 16.5. The van der Waals surface area contributed by atoms with E-state index in [-0.39, 0.29) is 0 Å². The Labute approximate surface area is 156 Å². The number of rotatable bonds is 8. The van der Waals surface area contributed by atoms with Gasteiger partial charge in [-0.15, -0.1) is 0 Å². The number of carbonyl (C=O) groups excluding carboxylic acids is 1.